The number of aryl methyl sites for hydroxylation is 1. The van der Waals surface area contributed by atoms with E-state index >= 15 is 0 Å². The van der Waals surface area contributed by atoms with E-state index < -0.39 is 0 Å². The third-order valence-electron chi connectivity index (χ3n) is 3.08. The fourth-order valence-corrected chi connectivity index (χ4v) is 2.13. The molecule has 0 spiro atoms. The maximum Gasteiger partial charge on any atom is 0.0108 e. The summed E-state index contributed by atoms with van der Waals surface area (Å²) < 4.78 is 0. The van der Waals surface area contributed by atoms with Crippen LogP contribution >= 0.6 is 0 Å². The minimum Gasteiger partial charge on any atom is -0.314 e. The smallest absolute Gasteiger partial charge is 0.0108 e. The molecule has 14 heavy (non-hydrogen) atoms. The van der Waals surface area contributed by atoms with Crippen LogP contribution in [-0.2, 0) is 12.8 Å². The second-order valence-electron chi connectivity index (χ2n) is 4.17. The van der Waals surface area contributed by atoms with Crippen LogP contribution in [0.15, 0.2) is 24.3 Å². The first-order valence-corrected chi connectivity index (χ1v) is 5.69. The number of hydrogen-bond donors (Lipinski definition) is 1. The van der Waals surface area contributed by atoms with Gasteiger partial charge in [-0.05, 0) is 43.4 Å². The number of hydrogen-bond acceptors (Lipinski definition) is 1. The number of nitrogens with one attached hydrogen (secondary N) is 1. The zero-order valence-electron chi connectivity index (χ0n) is 8.92. The van der Waals surface area contributed by atoms with Crippen LogP contribution in [0.3, 0.4) is 0 Å². The first kappa shape index (κ1) is 9.72. The predicted molar refractivity (Wildman–Crippen MR) is 60.5 cm³/mol. The van der Waals surface area contributed by atoms with Crippen molar-refractivity contribution in [3.8, 4) is 0 Å². The lowest BCUT2D eigenvalue weighted by atomic mass is 10.0. The molecule has 1 N–H and O–H groups in total. The summed E-state index contributed by atoms with van der Waals surface area (Å²) in [4.78, 5) is 0. The quantitative estimate of drug-likeness (QED) is 0.770. The van der Waals surface area contributed by atoms with Gasteiger partial charge in [-0.3, -0.25) is 0 Å². The first-order chi connectivity index (χ1) is 6.88. The highest BCUT2D eigenvalue weighted by atomic mass is 14.9. The normalized spacial score (nSPS) is 21.4. The molecule has 2 rings (SSSR count). The van der Waals surface area contributed by atoms with Crippen LogP contribution in [0, 0.1) is 0 Å². The molecule has 0 saturated carbocycles. The van der Waals surface area contributed by atoms with Gasteiger partial charge >= 0.3 is 0 Å². The monoisotopic (exact) mass is 189 g/mol. The molecule has 0 amide bonds. The Balaban J connectivity index is 1.95. The molecule has 1 atom stereocenters. The van der Waals surface area contributed by atoms with Gasteiger partial charge < -0.3 is 5.32 Å². The van der Waals surface area contributed by atoms with E-state index in [2.05, 4.69) is 36.5 Å². The van der Waals surface area contributed by atoms with Crippen LogP contribution in [0.5, 0.6) is 0 Å². The Morgan fingerprint density at radius 1 is 1.21 bits per heavy atom. The summed E-state index contributed by atoms with van der Waals surface area (Å²) >= 11 is 0. The zero-order chi connectivity index (χ0) is 9.80. The van der Waals surface area contributed by atoms with Crippen molar-refractivity contribution in [3.05, 3.63) is 35.4 Å². The molecule has 1 heterocycles. The van der Waals surface area contributed by atoms with Crippen molar-refractivity contribution in [3.63, 3.8) is 0 Å². The SMILES string of the molecule is CCc1ccc(CC2CCCN2)cc1. The molecule has 1 unspecified atom stereocenters. The lowest BCUT2D eigenvalue weighted by Gasteiger charge is -2.10. The molecule has 1 saturated heterocycles. The van der Waals surface area contributed by atoms with Crippen molar-refractivity contribution >= 4 is 0 Å². The lowest BCUT2D eigenvalue weighted by molar-refractivity contribution is 0.603. The topological polar surface area (TPSA) is 12.0 Å². The van der Waals surface area contributed by atoms with Gasteiger partial charge in [-0.15, -0.1) is 0 Å². The molecule has 1 fully saturated rings. The van der Waals surface area contributed by atoms with Crippen molar-refractivity contribution < 1.29 is 0 Å². The van der Waals surface area contributed by atoms with Crippen molar-refractivity contribution in [1.82, 2.24) is 5.32 Å². The molecule has 1 aliphatic heterocycles. The molecule has 1 aliphatic rings. The Kier molecular flexibility index (Phi) is 3.20. The first-order valence-electron chi connectivity index (χ1n) is 5.69. The van der Waals surface area contributed by atoms with Crippen LogP contribution in [-0.4, -0.2) is 12.6 Å². The average Bonchev–Trinajstić information content (AvgIpc) is 2.72. The molecule has 1 heteroatoms. The van der Waals surface area contributed by atoms with E-state index in [1.807, 2.05) is 0 Å². The van der Waals surface area contributed by atoms with Crippen molar-refractivity contribution in [1.29, 1.82) is 0 Å². The Labute approximate surface area is 86.5 Å². The highest BCUT2D eigenvalue weighted by Gasteiger charge is 2.13. The van der Waals surface area contributed by atoms with Crippen molar-refractivity contribution in [2.45, 2.75) is 38.6 Å². The minimum atomic E-state index is 0.725. The Bertz CT molecular complexity index is 270. The van der Waals surface area contributed by atoms with E-state index in [0.29, 0.717) is 0 Å². The van der Waals surface area contributed by atoms with Gasteiger partial charge in [-0.2, -0.15) is 0 Å². The van der Waals surface area contributed by atoms with E-state index in [-0.39, 0.29) is 0 Å². The highest BCUT2D eigenvalue weighted by molar-refractivity contribution is 5.23. The molecular formula is C13H19N. The van der Waals surface area contributed by atoms with Gasteiger partial charge in [0, 0.05) is 6.04 Å². The third-order valence-corrected chi connectivity index (χ3v) is 3.08. The predicted octanol–water partition coefficient (Wildman–Crippen LogP) is 2.54. The standard InChI is InChI=1S/C13H19N/c1-2-11-5-7-12(8-6-11)10-13-4-3-9-14-13/h5-8,13-14H,2-4,9-10H2,1H3. The Morgan fingerprint density at radius 2 is 1.93 bits per heavy atom. The second kappa shape index (κ2) is 4.61. The zero-order valence-corrected chi connectivity index (χ0v) is 8.92. The summed E-state index contributed by atoms with van der Waals surface area (Å²) in [6.07, 6.45) is 5.03. The Hall–Kier alpha value is -0.820. The molecule has 1 aromatic carbocycles. The van der Waals surface area contributed by atoms with Crippen LogP contribution in [0.2, 0.25) is 0 Å². The maximum atomic E-state index is 3.53. The van der Waals surface area contributed by atoms with Gasteiger partial charge in [0.2, 0.25) is 0 Å². The molecule has 0 aromatic heterocycles. The van der Waals surface area contributed by atoms with E-state index in [1.165, 1.54) is 36.9 Å². The van der Waals surface area contributed by atoms with Gasteiger partial charge in [0.05, 0.1) is 0 Å². The van der Waals surface area contributed by atoms with Crippen LogP contribution in [0.25, 0.3) is 0 Å². The summed E-state index contributed by atoms with van der Waals surface area (Å²) in [5, 5.41) is 3.53. The highest BCUT2D eigenvalue weighted by Crippen LogP contribution is 2.13. The van der Waals surface area contributed by atoms with Gasteiger partial charge in [0.1, 0.15) is 0 Å². The second-order valence-corrected chi connectivity index (χ2v) is 4.17. The molecule has 0 aliphatic carbocycles. The average molecular weight is 189 g/mol. The van der Waals surface area contributed by atoms with Gasteiger partial charge in [-0.1, -0.05) is 31.2 Å². The van der Waals surface area contributed by atoms with E-state index in [0.717, 1.165) is 12.5 Å². The molecular weight excluding hydrogens is 170 g/mol. The fraction of sp³-hybridized carbons (Fsp3) is 0.538. The number of benzene rings is 1. The van der Waals surface area contributed by atoms with Crippen LogP contribution < -0.4 is 5.32 Å². The largest absolute Gasteiger partial charge is 0.314 e. The maximum absolute atomic E-state index is 3.53. The number of rotatable bonds is 3. The van der Waals surface area contributed by atoms with Gasteiger partial charge in [-0.25, -0.2) is 0 Å². The summed E-state index contributed by atoms with van der Waals surface area (Å²) in [6, 6.07) is 9.79. The summed E-state index contributed by atoms with van der Waals surface area (Å²) in [5.74, 6) is 0. The van der Waals surface area contributed by atoms with Gasteiger partial charge in [0.25, 0.3) is 0 Å². The fourth-order valence-electron chi connectivity index (χ4n) is 2.13. The summed E-state index contributed by atoms with van der Waals surface area (Å²) in [6.45, 7) is 3.41. The van der Waals surface area contributed by atoms with E-state index in [4.69, 9.17) is 0 Å². The molecule has 1 aromatic rings. The van der Waals surface area contributed by atoms with E-state index in [1.54, 1.807) is 0 Å². The molecule has 76 valence electrons. The summed E-state index contributed by atoms with van der Waals surface area (Å²) in [7, 11) is 0. The third kappa shape index (κ3) is 2.36. The molecule has 1 nitrogen and oxygen atoms in total. The van der Waals surface area contributed by atoms with Crippen molar-refractivity contribution in [2.24, 2.45) is 0 Å². The van der Waals surface area contributed by atoms with Crippen LogP contribution in [0.1, 0.15) is 30.9 Å². The van der Waals surface area contributed by atoms with Crippen molar-refractivity contribution in [2.75, 3.05) is 6.54 Å². The van der Waals surface area contributed by atoms with Gasteiger partial charge in [0.15, 0.2) is 0 Å². The molecule has 0 radical (unpaired) electrons. The Morgan fingerprint density at radius 3 is 2.50 bits per heavy atom. The van der Waals surface area contributed by atoms with E-state index in [9.17, 15) is 0 Å². The molecule has 0 bridgehead atoms. The summed E-state index contributed by atoms with van der Waals surface area (Å²) in [5.41, 5.74) is 2.91. The lowest BCUT2D eigenvalue weighted by Crippen LogP contribution is -2.23. The van der Waals surface area contributed by atoms with Crippen LogP contribution in [0.4, 0.5) is 0 Å². The minimum absolute atomic E-state index is 0.725.